The Hall–Kier alpha value is -3.15. The lowest BCUT2D eigenvalue weighted by atomic mass is 10.1. The molecule has 2 aromatic carbocycles. The van der Waals surface area contributed by atoms with Crippen LogP contribution in [0.25, 0.3) is 0 Å². The molecule has 0 aliphatic carbocycles. The molecule has 3 amide bonds. The summed E-state index contributed by atoms with van der Waals surface area (Å²) in [6.45, 7) is 4.65. The fourth-order valence-corrected chi connectivity index (χ4v) is 3.10. The quantitative estimate of drug-likeness (QED) is 0.805. The van der Waals surface area contributed by atoms with Crippen LogP contribution in [-0.4, -0.2) is 30.3 Å². The maximum atomic E-state index is 12.6. The lowest BCUT2D eigenvalue weighted by molar-refractivity contribution is -0.117. The maximum Gasteiger partial charge on any atom is 0.255 e. The molecule has 28 heavy (non-hydrogen) atoms. The molecular weight excluding hydrogens is 354 g/mol. The molecule has 2 N–H and O–H groups in total. The number of carbonyl (C=O) groups is 3. The third kappa shape index (κ3) is 4.39. The van der Waals surface area contributed by atoms with Crippen LogP contribution < -0.4 is 15.5 Å². The first-order chi connectivity index (χ1) is 13.5. The van der Waals surface area contributed by atoms with E-state index in [1.54, 1.807) is 53.4 Å². The van der Waals surface area contributed by atoms with Crippen LogP contribution in [0.3, 0.4) is 0 Å². The van der Waals surface area contributed by atoms with Crippen LogP contribution in [0.5, 0.6) is 0 Å². The first-order valence-electron chi connectivity index (χ1n) is 9.61. The van der Waals surface area contributed by atoms with E-state index in [1.807, 2.05) is 13.8 Å². The zero-order valence-corrected chi connectivity index (χ0v) is 16.2. The van der Waals surface area contributed by atoms with Crippen LogP contribution in [0.1, 0.15) is 53.8 Å². The van der Waals surface area contributed by atoms with E-state index in [-0.39, 0.29) is 23.8 Å². The Balaban J connectivity index is 1.73. The van der Waals surface area contributed by atoms with Gasteiger partial charge in [0.05, 0.1) is 11.3 Å². The molecule has 2 aromatic rings. The Labute approximate surface area is 164 Å². The van der Waals surface area contributed by atoms with E-state index in [1.165, 1.54) is 0 Å². The Morgan fingerprint density at radius 2 is 1.79 bits per heavy atom. The van der Waals surface area contributed by atoms with E-state index in [9.17, 15) is 14.4 Å². The van der Waals surface area contributed by atoms with Crippen LogP contribution in [0.15, 0.2) is 48.5 Å². The number of hydrogen-bond acceptors (Lipinski definition) is 3. The normalized spacial score (nSPS) is 14.6. The number of nitrogens with one attached hydrogen (secondary N) is 2. The molecule has 1 saturated heterocycles. The SMILES string of the molecule is CC[C@H](C)NC(=O)c1ccccc1NC(=O)c1ccc(N2CCCC2=O)cc1. The second-order valence-corrected chi connectivity index (χ2v) is 6.98. The molecule has 0 unspecified atom stereocenters. The Morgan fingerprint density at radius 1 is 1.07 bits per heavy atom. The summed E-state index contributed by atoms with van der Waals surface area (Å²) in [5, 5.41) is 5.73. The number of para-hydroxylation sites is 1. The van der Waals surface area contributed by atoms with Gasteiger partial charge in [0.25, 0.3) is 11.8 Å². The number of carbonyl (C=O) groups excluding carboxylic acids is 3. The minimum absolute atomic E-state index is 0.0529. The van der Waals surface area contributed by atoms with Gasteiger partial charge in [-0.05, 0) is 56.2 Å². The monoisotopic (exact) mass is 379 g/mol. The summed E-state index contributed by atoms with van der Waals surface area (Å²) in [7, 11) is 0. The van der Waals surface area contributed by atoms with Crippen LogP contribution in [-0.2, 0) is 4.79 Å². The van der Waals surface area contributed by atoms with Gasteiger partial charge in [0.15, 0.2) is 0 Å². The zero-order valence-electron chi connectivity index (χ0n) is 16.2. The van der Waals surface area contributed by atoms with E-state index in [4.69, 9.17) is 0 Å². The second-order valence-electron chi connectivity index (χ2n) is 6.98. The van der Waals surface area contributed by atoms with Crippen molar-refractivity contribution >= 4 is 29.1 Å². The lowest BCUT2D eigenvalue weighted by Crippen LogP contribution is -2.32. The van der Waals surface area contributed by atoms with Crippen molar-refractivity contribution in [1.29, 1.82) is 0 Å². The summed E-state index contributed by atoms with van der Waals surface area (Å²) in [6.07, 6.45) is 2.25. The smallest absolute Gasteiger partial charge is 0.255 e. The van der Waals surface area contributed by atoms with Crippen molar-refractivity contribution in [2.24, 2.45) is 0 Å². The molecular formula is C22H25N3O3. The Morgan fingerprint density at radius 3 is 2.43 bits per heavy atom. The molecule has 146 valence electrons. The predicted octanol–water partition coefficient (Wildman–Crippen LogP) is 3.59. The molecule has 6 nitrogen and oxygen atoms in total. The highest BCUT2D eigenvalue weighted by Crippen LogP contribution is 2.22. The molecule has 1 heterocycles. The molecule has 1 aliphatic heterocycles. The number of amides is 3. The van der Waals surface area contributed by atoms with Crippen LogP contribution in [0.2, 0.25) is 0 Å². The molecule has 0 saturated carbocycles. The minimum atomic E-state index is -0.303. The third-order valence-corrected chi connectivity index (χ3v) is 4.92. The summed E-state index contributed by atoms with van der Waals surface area (Å²) < 4.78 is 0. The molecule has 1 fully saturated rings. The highest BCUT2D eigenvalue weighted by Gasteiger charge is 2.22. The van der Waals surface area contributed by atoms with Gasteiger partial charge in [0, 0.05) is 30.3 Å². The zero-order chi connectivity index (χ0) is 20.1. The molecule has 1 aliphatic rings. The van der Waals surface area contributed by atoms with Gasteiger partial charge in [0.1, 0.15) is 0 Å². The van der Waals surface area contributed by atoms with Crippen molar-refractivity contribution in [3.63, 3.8) is 0 Å². The summed E-state index contributed by atoms with van der Waals surface area (Å²) in [5.41, 5.74) is 2.16. The van der Waals surface area contributed by atoms with E-state index in [2.05, 4.69) is 10.6 Å². The van der Waals surface area contributed by atoms with Crippen molar-refractivity contribution in [3.8, 4) is 0 Å². The van der Waals surface area contributed by atoms with Gasteiger partial charge < -0.3 is 15.5 Å². The van der Waals surface area contributed by atoms with Crippen molar-refractivity contribution in [1.82, 2.24) is 5.32 Å². The average Bonchev–Trinajstić information content (AvgIpc) is 3.14. The van der Waals surface area contributed by atoms with Gasteiger partial charge in [-0.15, -0.1) is 0 Å². The van der Waals surface area contributed by atoms with E-state index < -0.39 is 0 Å². The van der Waals surface area contributed by atoms with E-state index in [0.717, 1.165) is 18.5 Å². The van der Waals surface area contributed by atoms with Gasteiger partial charge in [-0.3, -0.25) is 14.4 Å². The Kier molecular flexibility index (Phi) is 6.09. The average molecular weight is 379 g/mol. The van der Waals surface area contributed by atoms with Crippen molar-refractivity contribution in [3.05, 3.63) is 59.7 Å². The fraction of sp³-hybridized carbons (Fsp3) is 0.318. The first-order valence-corrected chi connectivity index (χ1v) is 9.61. The van der Waals surface area contributed by atoms with Gasteiger partial charge >= 0.3 is 0 Å². The van der Waals surface area contributed by atoms with Crippen LogP contribution in [0.4, 0.5) is 11.4 Å². The minimum Gasteiger partial charge on any atom is -0.350 e. The van der Waals surface area contributed by atoms with Crippen molar-refractivity contribution < 1.29 is 14.4 Å². The topological polar surface area (TPSA) is 78.5 Å². The van der Waals surface area contributed by atoms with E-state index >= 15 is 0 Å². The molecule has 6 heteroatoms. The Bertz CT molecular complexity index is 877. The standard InChI is InChI=1S/C22H25N3O3/c1-3-15(2)23-22(28)18-7-4-5-8-19(18)24-21(27)16-10-12-17(13-11-16)25-14-6-9-20(25)26/h4-5,7-8,10-13,15H,3,6,9,14H2,1-2H3,(H,23,28)(H,24,27)/t15-/m0/s1. The number of rotatable bonds is 6. The second kappa shape index (κ2) is 8.69. The van der Waals surface area contributed by atoms with Crippen molar-refractivity contribution in [2.75, 3.05) is 16.8 Å². The van der Waals surface area contributed by atoms with Crippen LogP contribution >= 0.6 is 0 Å². The van der Waals surface area contributed by atoms with Gasteiger partial charge in [-0.1, -0.05) is 19.1 Å². The van der Waals surface area contributed by atoms with Crippen molar-refractivity contribution in [2.45, 2.75) is 39.2 Å². The fourth-order valence-electron chi connectivity index (χ4n) is 3.10. The molecule has 0 spiro atoms. The van der Waals surface area contributed by atoms with Gasteiger partial charge in [-0.2, -0.15) is 0 Å². The molecule has 0 bridgehead atoms. The summed E-state index contributed by atoms with van der Waals surface area (Å²) >= 11 is 0. The predicted molar refractivity (Wildman–Crippen MR) is 110 cm³/mol. The highest BCUT2D eigenvalue weighted by atomic mass is 16.2. The molecule has 3 rings (SSSR count). The summed E-state index contributed by atoms with van der Waals surface area (Å²) in [4.78, 5) is 38.7. The first kappa shape index (κ1) is 19.6. The summed E-state index contributed by atoms with van der Waals surface area (Å²) in [6, 6.07) is 13.9. The highest BCUT2D eigenvalue weighted by molar-refractivity contribution is 6.09. The lowest BCUT2D eigenvalue weighted by Gasteiger charge is -2.16. The van der Waals surface area contributed by atoms with E-state index in [0.29, 0.717) is 29.8 Å². The van der Waals surface area contributed by atoms with Gasteiger partial charge in [-0.25, -0.2) is 0 Å². The van der Waals surface area contributed by atoms with Gasteiger partial charge in [0.2, 0.25) is 5.91 Å². The maximum absolute atomic E-state index is 12.6. The molecule has 1 atom stereocenters. The molecule has 0 radical (unpaired) electrons. The number of benzene rings is 2. The number of hydrogen-bond donors (Lipinski definition) is 2. The molecule has 0 aromatic heterocycles. The van der Waals surface area contributed by atoms with Crippen LogP contribution in [0, 0.1) is 0 Å². The number of anilines is 2. The number of nitrogens with zero attached hydrogens (tertiary/aromatic N) is 1. The third-order valence-electron chi connectivity index (χ3n) is 4.92. The summed E-state index contributed by atoms with van der Waals surface area (Å²) in [5.74, 6) is -0.408. The largest absolute Gasteiger partial charge is 0.350 e.